The van der Waals surface area contributed by atoms with Crippen molar-refractivity contribution in [1.29, 1.82) is 0 Å². The molecule has 0 bridgehead atoms. The minimum atomic E-state index is -3.79. The van der Waals surface area contributed by atoms with E-state index in [1.165, 1.54) is 18.4 Å². The van der Waals surface area contributed by atoms with Gasteiger partial charge in [0.05, 0.1) is 17.7 Å². The molecule has 0 fully saturated rings. The highest BCUT2D eigenvalue weighted by atomic mass is 79.9. The standard InChI is InChI=1S/C21H21BrN2O4S/c1-15-9-10-18(29(26,27)23-13-17-7-5-11-28-17)12-19(15)21(25)24(2)14-16-6-3-4-8-20(16)22/h3-12,23H,13-14H2,1-2H3. The van der Waals surface area contributed by atoms with Crippen LogP contribution in [0.25, 0.3) is 0 Å². The minimum Gasteiger partial charge on any atom is -0.468 e. The number of furan rings is 1. The molecule has 0 radical (unpaired) electrons. The van der Waals surface area contributed by atoms with Gasteiger partial charge in [-0.25, -0.2) is 13.1 Å². The maximum Gasteiger partial charge on any atom is 0.254 e. The molecule has 2 aromatic carbocycles. The normalized spacial score (nSPS) is 11.4. The molecule has 1 heterocycles. The predicted octanol–water partition coefficient (Wildman–Crippen LogP) is 4.10. The molecule has 3 aromatic rings. The second-order valence-corrected chi connectivity index (χ2v) is 9.25. The number of nitrogens with zero attached hydrogens (tertiary/aromatic N) is 1. The molecule has 1 aromatic heterocycles. The van der Waals surface area contributed by atoms with Gasteiger partial charge in [0.25, 0.3) is 5.91 Å². The highest BCUT2D eigenvalue weighted by Gasteiger charge is 2.20. The van der Waals surface area contributed by atoms with Crippen LogP contribution in [0.1, 0.15) is 27.2 Å². The maximum atomic E-state index is 13.0. The van der Waals surface area contributed by atoms with Gasteiger partial charge in [-0.05, 0) is 48.4 Å². The van der Waals surface area contributed by atoms with E-state index in [4.69, 9.17) is 4.42 Å². The van der Waals surface area contributed by atoms with Crippen LogP contribution in [-0.2, 0) is 23.1 Å². The van der Waals surface area contributed by atoms with Gasteiger partial charge >= 0.3 is 0 Å². The van der Waals surface area contributed by atoms with Crippen LogP contribution in [0.3, 0.4) is 0 Å². The molecule has 0 saturated heterocycles. The number of carbonyl (C=O) groups is 1. The molecule has 1 N–H and O–H groups in total. The number of nitrogens with one attached hydrogen (secondary N) is 1. The first-order chi connectivity index (χ1) is 13.8. The van der Waals surface area contributed by atoms with Gasteiger partial charge in [-0.3, -0.25) is 4.79 Å². The first-order valence-electron chi connectivity index (χ1n) is 8.89. The number of amides is 1. The maximum absolute atomic E-state index is 13.0. The Morgan fingerprint density at radius 3 is 2.59 bits per heavy atom. The van der Waals surface area contributed by atoms with E-state index in [-0.39, 0.29) is 17.3 Å². The lowest BCUT2D eigenvalue weighted by Crippen LogP contribution is -2.28. The topological polar surface area (TPSA) is 79.6 Å². The van der Waals surface area contributed by atoms with E-state index < -0.39 is 10.0 Å². The van der Waals surface area contributed by atoms with Crippen LogP contribution < -0.4 is 4.72 Å². The van der Waals surface area contributed by atoms with Crippen molar-refractivity contribution < 1.29 is 17.6 Å². The summed E-state index contributed by atoms with van der Waals surface area (Å²) < 4.78 is 33.8. The number of rotatable bonds is 7. The molecule has 0 aliphatic carbocycles. The minimum absolute atomic E-state index is 0.0345. The first-order valence-corrected chi connectivity index (χ1v) is 11.2. The smallest absolute Gasteiger partial charge is 0.254 e. The zero-order valence-electron chi connectivity index (χ0n) is 16.1. The zero-order chi connectivity index (χ0) is 21.0. The van der Waals surface area contributed by atoms with Crippen LogP contribution in [0.2, 0.25) is 0 Å². The Morgan fingerprint density at radius 1 is 1.14 bits per heavy atom. The van der Waals surface area contributed by atoms with Gasteiger partial charge in [0.15, 0.2) is 0 Å². The average Bonchev–Trinajstić information content (AvgIpc) is 3.21. The summed E-state index contributed by atoms with van der Waals surface area (Å²) in [7, 11) is -2.10. The van der Waals surface area contributed by atoms with Crippen molar-refractivity contribution in [2.24, 2.45) is 0 Å². The second kappa shape index (κ2) is 8.94. The average molecular weight is 477 g/mol. The third-order valence-corrected chi connectivity index (χ3v) is 6.65. The van der Waals surface area contributed by atoms with Gasteiger partial charge in [-0.1, -0.05) is 40.2 Å². The van der Waals surface area contributed by atoms with Crippen molar-refractivity contribution in [3.8, 4) is 0 Å². The SMILES string of the molecule is Cc1ccc(S(=O)(=O)NCc2ccco2)cc1C(=O)N(C)Cc1ccccc1Br. The summed E-state index contributed by atoms with van der Waals surface area (Å²) in [6.45, 7) is 2.22. The van der Waals surface area contributed by atoms with Gasteiger partial charge in [-0.2, -0.15) is 0 Å². The zero-order valence-corrected chi connectivity index (χ0v) is 18.5. The van der Waals surface area contributed by atoms with Gasteiger partial charge in [0, 0.05) is 23.6 Å². The fraction of sp³-hybridized carbons (Fsp3) is 0.190. The number of aryl methyl sites for hydroxylation is 1. The molecule has 0 aliphatic heterocycles. The number of halogens is 1. The number of sulfonamides is 1. The number of carbonyl (C=O) groups excluding carboxylic acids is 1. The largest absolute Gasteiger partial charge is 0.468 e. The summed E-state index contributed by atoms with van der Waals surface area (Å²) in [6, 6.07) is 15.6. The van der Waals surface area contributed by atoms with Crippen LogP contribution in [0.5, 0.6) is 0 Å². The highest BCUT2D eigenvalue weighted by molar-refractivity contribution is 9.10. The summed E-state index contributed by atoms with van der Waals surface area (Å²) in [4.78, 5) is 14.6. The lowest BCUT2D eigenvalue weighted by atomic mass is 10.1. The van der Waals surface area contributed by atoms with Gasteiger partial charge in [0.1, 0.15) is 5.76 Å². The Kier molecular flexibility index (Phi) is 6.56. The molecule has 0 saturated carbocycles. The molecule has 8 heteroatoms. The second-order valence-electron chi connectivity index (χ2n) is 6.63. The first kappa shape index (κ1) is 21.3. The Labute approximate surface area is 178 Å². The number of benzene rings is 2. The summed E-state index contributed by atoms with van der Waals surface area (Å²) in [5.74, 6) is 0.256. The number of hydrogen-bond donors (Lipinski definition) is 1. The molecule has 152 valence electrons. The van der Waals surface area contributed by atoms with Crippen LogP contribution in [-0.4, -0.2) is 26.3 Å². The highest BCUT2D eigenvalue weighted by Crippen LogP contribution is 2.21. The van der Waals surface area contributed by atoms with E-state index in [0.717, 1.165) is 10.0 Å². The fourth-order valence-corrected chi connectivity index (χ4v) is 4.25. The molecule has 3 rings (SSSR count). The summed E-state index contributed by atoms with van der Waals surface area (Å²) in [5.41, 5.74) is 2.02. The van der Waals surface area contributed by atoms with Crippen LogP contribution in [0.15, 0.2) is 74.6 Å². The Balaban J connectivity index is 1.80. The third kappa shape index (κ3) is 5.14. The molecule has 6 nitrogen and oxygen atoms in total. The van der Waals surface area contributed by atoms with Crippen molar-refractivity contribution in [3.63, 3.8) is 0 Å². The van der Waals surface area contributed by atoms with Crippen LogP contribution >= 0.6 is 15.9 Å². The van der Waals surface area contributed by atoms with E-state index in [0.29, 0.717) is 23.4 Å². The molecule has 0 spiro atoms. The van der Waals surface area contributed by atoms with Crippen molar-refractivity contribution in [2.45, 2.75) is 24.9 Å². The summed E-state index contributed by atoms with van der Waals surface area (Å²) >= 11 is 3.48. The van der Waals surface area contributed by atoms with E-state index in [1.54, 1.807) is 37.1 Å². The molecule has 1 amide bonds. The van der Waals surface area contributed by atoms with Crippen LogP contribution in [0.4, 0.5) is 0 Å². The van der Waals surface area contributed by atoms with Gasteiger partial charge < -0.3 is 9.32 Å². The van der Waals surface area contributed by atoms with E-state index in [9.17, 15) is 13.2 Å². The molecule has 0 atom stereocenters. The van der Waals surface area contributed by atoms with E-state index >= 15 is 0 Å². The van der Waals surface area contributed by atoms with Gasteiger partial charge in [-0.15, -0.1) is 0 Å². The summed E-state index contributed by atoms with van der Waals surface area (Å²) in [5, 5.41) is 0. The molecular formula is C21H21BrN2O4S. The molecule has 0 aliphatic rings. The quantitative estimate of drug-likeness (QED) is 0.556. The van der Waals surface area contributed by atoms with Crippen molar-refractivity contribution in [3.05, 3.63) is 87.8 Å². The molecule has 0 unspecified atom stereocenters. The van der Waals surface area contributed by atoms with Crippen molar-refractivity contribution >= 4 is 31.9 Å². The van der Waals surface area contributed by atoms with Crippen LogP contribution in [0, 0.1) is 6.92 Å². The van der Waals surface area contributed by atoms with E-state index in [1.807, 2.05) is 24.3 Å². The van der Waals surface area contributed by atoms with E-state index in [2.05, 4.69) is 20.7 Å². The lowest BCUT2D eigenvalue weighted by Gasteiger charge is -2.20. The summed E-state index contributed by atoms with van der Waals surface area (Å²) in [6.07, 6.45) is 1.48. The fourth-order valence-electron chi connectivity index (χ4n) is 2.82. The molecular weight excluding hydrogens is 456 g/mol. The predicted molar refractivity (Wildman–Crippen MR) is 114 cm³/mol. The van der Waals surface area contributed by atoms with Crippen molar-refractivity contribution in [2.75, 3.05) is 7.05 Å². The Hall–Kier alpha value is -2.42. The van der Waals surface area contributed by atoms with Gasteiger partial charge in [0.2, 0.25) is 10.0 Å². The lowest BCUT2D eigenvalue weighted by molar-refractivity contribution is 0.0784. The molecule has 29 heavy (non-hydrogen) atoms. The van der Waals surface area contributed by atoms with Crippen molar-refractivity contribution in [1.82, 2.24) is 9.62 Å². The number of hydrogen-bond acceptors (Lipinski definition) is 4. The third-order valence-electron chi connectivity index (χ3n) is 4.48. The monoisotopic (exact) mass is 476 g/mol. The Bertz CT molecular complexity index is 1110. The Morgan fingerprint density at radius 2 is 1.90 bits per heavy atom.